The van der Waals surface area contributed by atoms with Crippen LogP contribution in [0.15, 0.2) is 18.2 Å². The third kappa shape index (κ3) is 1.11. The number of nitrogens with zero attached hydrogens (tertiary/aromatic N) is 1. The second kappa shape index (κ2) is 2.54. The van der Waals surface area contributed by atoms with Gasteiger partial charge >= 0.3 is 0 Å². The SMILES string of the molecule is Cc1cccc(C2(O)COC2)n1. The maximum atomic E-state index is 9.82. The summed E-state index contributed by atoms with van der Waals surface area (Å²) in [7, 11) is 0. The molecule has 3 nitrogen and oxygen atoms in total. The van der Waals surface area contributed by atoms with Gasteiger partial charge in [-0.25, -0.2) is 0 Å². The maximum absolute atomic E-state index is 9.82. The molecular weight excluding hydrogens is 154 g/mol. The zero-order valence-corrected chi connectivity index (χ0v) is 6.95. The van der Waals surface area contributed by atoms with Gasteiger partial charge in [0.05, 0.1) is 18.9 Å². The van der Waals surface area contributed by atoms with E-state index in [-0.39, 0.29) is 0 Å². The first-order chi connectivity index (χ1) is 5.71. The van der Waals surface area contributed by atoms with Crippen LogP contribution in [0.4, 0.5) is 0 Å². The van der Waals surface area contributed by atoms with E-state index in [1.807, 2.05) is 25.1 Å². The minimum atomic E-state index is -0.827. The Balaban J connectivity index is 2.33. The van der Waals surface area contributed by atoms with Gasteiger partial charge in [-0.05, 0) is 19.1 Å². The molecule has 0 radical (unpaired) electrons. The highest BCUT2D eigenvalue weighted by Crippen LogP contribution is 2.27. The summed E-state index contributed by atoms with van der Waals surface area (Å²) in [5.41, 5.74) is 0.813. The van der Waals surface area contributed by atoms with Crippen molar-refractivity contribution >= 4 is 0 Å². The molecule has 0 unspecified atom stereocenters. The molecule has 2 heterocycles. The fourth-order valence-corrected chi connectivity index (χ4v) is 1.25. The van der Waals surface area contributed by atoms with Crippen molar-refractivity contribution in [3.63, 3.8) is 0 Å². The van der Waals surface area contributed by atoms with Crippen molar-refractivity contribution in [2.45, 2.75) is 12.5 Å². The second-order valence-electron chi connectivity index (χ2n) is 3.19. The highest BCUT2D eigenvalue weighted by atomic mass is 16.5. The first kappa shape index (κ1) is 7.71. The lowest BCUT2D eigenvalue weighted by Crippen LogP contribution is -2.47. The van der Waals surface area contributed by atoms with Gasteiger partial charge in [-0.1, -0.05) is 6.07 Å². The van der Waals surface area contributed by atoms with E-state index in [4.69, 9.17) is 4.74 Å². The van der Waals surface area contributed by atoms with Crippen LogP contribution in [-0.4, -0.2) is 23.3 Å². The van der Waals surface area contributed by atoms with Crippen LogP contribution >= 0.6 is 0 Å². The Morgan fingerprint density at radius 3 is 2.75 bits per heavy atom. The van der Waals surface area contributed by atoms with E-state index in [1.54, 1.807) is 0 Å². The van der Waals surface area contributed by atoms with Gasteiger partial charge in [0.25, 0.3) is 0 Å². The Hall–Kier alpha value is -0.930. The van der Waals surface area contributed by atoms with Crippen LogP contribution in [0.25, 0.3) is 0 Å². The van der Waals surface area contributed by atoms with Gasteiger partial charge in [-0.2, -0.15) is 0 Å². The molecule has 0 amide bonds. The lowest BCUT2D eigenvalue weighted by Gasteiger charge is -2.35. The molecule has 1 fully saturated rings. The molecule has 1 aliphatic rings. The molecule has 0 spiro atoms. The van der Waals surface area contributed by atoms with Crippen LogP contribution in [0.3, 0.4) is 0 Å². The Bertz CT molecular complexity index is 294. The highest BCUT2D eigenvalue weighted by Gasteiger charge is 2.39. The lowest BCUT2D eigenvalue weighted by molar-refractivity contribution is -0.186. The lowest BCUT2D eigenvalue weighted by atomic mass is 9.97. The molecule has 1 aliphatic heterocycles. The third-order valence-corrected chi connectivity index (χ3v) is 2.05. The number of pyridine rings is 1. The third-order valence-electron chi connectivity index (χ3n) is 2.05. The Labute approximate surface area is 71.0 Å². The van der Waals surface area contributed by atoms with Crippen LogP contribution in [0, 0.1) is 6.92 Å². The average molecular weight is 165 g/mol. The number of hydrogen-bond acceptors (Lipinski definition) is 3. The van der Waals surface area contributed by atoms with Crippen LogP contribution < -0.4 is 0 Å². The predicted octanol–water partition coefficient (Wildman–Crippen LogP) is 0.608. The van der Waals surface area contributed by atoms with E-state index in [0.717, 1.165) is 5.69 Å². The van der Waals surface area contributed by atoms with Gasteiger partial charge in [-0.15, -0.1) is 0 Å². The van der Waals surface area contributed by atoms with Crippen molar-refractivity contribution in [1.29, 1.82) is 0 Å². The topological polar surface area (TPSA) is 42.4 Å². The van der Waals surface area contributed by atoms with Gasteiger partial charge in [0, 0.05) is 5.69 Å². The van der Waals surface area contributed by atoms with Crippen LogP contribution in [0.1, 0.15) is 11.4 Å². The first-order valence-corrected chi connectivity index (χ1v) is 3.95. The van der Waals surface area contributed by atoms with Gasteiger partial charge < -0.3 is 9.84 Å². The number of rotatable bonds is 1. The van der Waals surface area contributed by atoms with Gasteiger partial charge in [-0.3, -0.25) is 4.98 Å². The normalized spacial score (nSPS) is 20.2. The van der Waals surface area contributed by atoms with E-state index in [2.05, 4.69) is 4.98 Å². The van der Waals surface area contributed by atoms with Crippen molar-refractivity contribution < 1.29 is 9.84 Å². The molecule has 1 aromatic rings. The van der Waals surface area contributed by atoms with Crippen molar-refractivity contribution in [2.24, 2.45) is 0 Å². The molecule has 0 atom stereocenters. The number of aromatic nitrogens is 1. The van der Waals surface area contributed by atoms with Crippen molar-refractivity contribution in [1.82, 2.24) is 4.98 Å². The van der Waals surface area contributed by atoms with E-state index >= 15 is 0 Å². The quantitative estimate of drug-likeness (QED) is 0.663. The summed E-state index contributed by atoms with van der Waals surface area (Å²) in [5.74, 6) is 0. The Morgan fingerprint density at radius 2 is 2.25 bits per heavy atom. The molecule has 0 aliphatic carbocycles. The molecule has 3 heteroatoms. The van der Waals surface area contributed by atoms with Crippen molar-refractivity contribution in [3.05, 3.63) is 29.6 Å². The summed E-state index contributed by atoms with van der Waals surface area (Å²) in [6.07, 6.45) is 0. The molecule has 12 heavy (non-hydrogen) atoms. The van der Waals surface area contributed by atoms with Gasteiger partial charge in [0.15, 0.2) is 5.60 Å². The van der Waals surface area contributed by atoms with Crippen LogP contribution in [-0.2, 0) is 10.3 Å². The number of ether oxygens (including phenoxy) is 1. The number of hydrogen-bond donors (Lipinski definition) is 1. The largest absolute Gasteiger partial charge is 0.379 e. The average Bonchev–Trinajstić information content (AvgIpc) is 2.00. The monoisotopic (exact) mass is 165 g/mol. The zero-order chi connectivity index (χ0) is 8.60. The molecule has 1 aromatic heterocycles. The fraction of sp³-hybridized carbons (Fsp3) is 0.444. The molecule has 1 N–H and O–H groups in total. The highest BCUT2D eigenvalue weighted by molar-refractivity contribution is 5.18. The minimum Gasteiger partial charge on any atom is -0.379 e. The molecule has 64 valence electrons. The van der Waals surface area contributed by atoms with E-state index in [0.29, 0.717) is 18.9 Å². The second-order valence-corrected chi connectivity index (χ2v) is 3.19. The number of aryl methyl sites for hydroxylation is 1. The fourth-order valence-electron chi connectivity index (χ4n) is 1.25. The minimum absolute atomic E-state index is 0.365. The van der Waals surface area contributed by atoms with Gasteiger partial charge in [0.2, 0.25) is 0 Å². The van der Waals surface area contributed by atoms with Crippen molar-refractivity contribution in [3.8, 4) is 0 Å². The first-order valence-electron chi connectivity index (χ1n) is 3.95. The van der Waals surface area contributed by atoms with E-state index in [1.165, 1.54) is 0 Å². The summed E-state index contributed by atoms with van der Waals surface area (Å²) in [5, 5.41) is 9.82. The Morgan fingerprint density at radius 1 is 1.50 bits per heavy atom. The standard InChI is InChI=1S/C9H11NO2/c1-7-3-2-4-8(10-7)9(11)5-12-6-9/h2-4,11H,5-6H2,1H3. The van der Waals surface area contributed by atoms with E-state index in [9.17, 15) is 5.11 Å². The molecule has 0 aromatic carbocycles. The summed E-state index contributed by atoms with van der Waals surface area (Å²) in [4.78, 5) is 4.24. The van der Waals surface area contributed by atoms with Gasteiger partial charge in [0.1, 0.15) is 0 Å². The smallest absolute Gasteiger partial charge is 0.153 e. The summed E-state index contributed by atoms with van der Waals surface area (Å²) in [6, 6.07) is 5.63. The van der Waals surface area contributed by atoms with Crippen molar-refractivity contribution in [2.75, 3.05) is 13.2 Å². The summed E-state index contributed by atoms with van der Waals surface area (Å²) < 4.78 is 4.94. The molecular formula is C9H11NO2. The van der Waals surface area contributed by atoms with E-state index < -0.39 is 5.60 Å². The molecule has 0 saturated carbocycles. The summed E-state index contributed by atoms with van der Waals surface area (Å²) >= 11 is 0. The molecule has 1 saturated heterocycles. The van der Waals surface area contributed by atoms with Crippen LogP contribution in [0.5, 0.6) is 0 Å². The number of aliphatic hydroxyl groups is 1. The molecule has 2 rings (SSSR count). The maximum Gasteiger partial charge on any atom is 0.153 e. The predicted molar refractivity (Wildman–Crippen MR) is 43.7 cm³/mol. The zero-order valence-electron chi connectivity index (χ0n) is 6.95. The summed E-state index contributed by atoms with van der Waals surface area (Å²) in [6.45, 7) is 2.64. The Kier molecular flexibility index (Phi) is 1.63. The molecule has 0 bridgehead atoms. The van der Waals surface area contributed by atoms with Crippen LogP contribution in [0.2, 0.25) is 0 Å².